The molecular weight excluding hydrogens is 347 g/mol. The van der Waals surface area contributed by atoms with Gasteiger partial charge in [-0.3, -0.25) is 0 Å². The van der Waals surface area contributed by atoms with Gasteiger partial charge in [-0.05, 0) is 42.7 Å². The number of aryl methyl sites for hydroxylation is 1. The van der Waals surface area contributed by atoms with E-state index in [1.807, 2.05) is 6.92 Å². The fraction of sp³-hybridized carbons (Fsp3) is 0.174. The number of nitrogens with zero attached hydrogens (tertiary/aromatic N) is 1. The van der Waals surface area contributed by atoms with Crippen LogP contribution in [0.1, 0.15) is 42.0 Å². The van der Waals surface area contributed by atoms with E-state index < -0.39 is 17.5 Å². The second-order valence-corrected chi connectivity index (χ2v) is 6.23. The Bertz CT molecular complexity index is 1090. The molecule has 1 nitrogen and oxygen atoms in total. The molecule has 0 aliphatic rings. The molecule has 0 unspecified atom stereocenters. The minimum absolute atomic E-state index is 0.0626. The Morgan fingerprint density at radius 1 is 0.889 bits per heavy atom. The quantitative estimate of drug-likeness (QED) is 0.534. The standard InChI is InChI=1S/C23H16F3N/c1-2-3-5-15-12-21(24)20(22(25)13-15)11-8-16-6-4-7-19-18(16)10-9-17(14-27)23(19)26/h4,6-7,9-10,12-13H,2-3,5H2,1H3. The van der Waals surface area contributed by atoms with E-state index in [1.54, 1.807) is 30.3 Å². The molecule has 0 aromatic heterocycles. The molecule has 27 heavy (non-hydrogen) atoms. The molecule has 0 fully saturated rings. The van der Waals surface area contributed by atoms with Crippen LogP contribution in [-0.2, 0) is 6.42 Å². The molecule has 0 saturated carbocycles. The highest BCUT2D eigenvalue weighted by Gasteiger charge is 2.11. The van der Waals surface area contributed by atoms with Crippen LogP contribution in [0.25, 0.3) is 10.8 Å². The van der Waals surface area contributed by atoms with Gasteiger partial charge < -0.3 is 0 Å². The van der Waals surface area contributed by atoms with Gasteiger partial charge in [-0.2, -0.15) is 5.26 Å². The number of halogens is 3. The summed E-state index contributed by atoms with van der Waals surface area (Å²) in [5, 5.41) is 9.67. The number of fused-ring (bicyclic) bond motifs is 1. The summed E-state index contributed by atoms with van der Waals surface area (Å²) in [6.07, 6.45) is 2.41. The maximum atomic E-state index is 14.3. The predicted octanol–water partition coefficient (Wildman–Crippen LogP) is 5.87. The monoisotopic (exact) mass is 363 g/mol. The van der Waals surface area contributed by atoms with Crippen LogP contribution in [0, 0.1) is 40.6 Å². The summed E-state index contributed by atoms with van der Waals surface area (Å²) in [5.41, 5.74) is 0.673. The average Bonchev–Trinajstić information content (AvgIpc) is 2.66. The lowest BCUT2D eigenvalue weighted by atomic mass is 10.0. The van der Waals surface area contributed by atoms with Crippen molar-refractivity contribution < 1.29 is 13.2 Å². The highest BCUT2D eigenvalue weighted by molar-refractivity contribution is 5.90. The number of rotatable bonds is 3. The smallest absolute Gasteiger partial charge is 0.148 e. The normalized spacial score (nSPS) is 10.3. The summed E-state index contributed by atoms with van der Waals surface area (Å²) in [7, 11) is 0. The first-order chi connectivity index (χ1) is 13.0. The summed E-state index contributed by atoms with van der Waals surface area (Å²) < 4.78 is 42.9. The summed E-state index contributed by atoms with van der Waals surface area (Å²) in [5.74, 6) is 3.23. The number of hydrogen-bond donors (Lipinski definition) is 0. The van der Waals surface area contributed by atoms with Crippen LogP contribution in [-0.4, -0.2) is 0 Å². The molecule has 0 aliphatic heterocycles. The number of hydrogen-bond acceptors (Lipinski definition) is 1. The molecule has 0 bridgehead atoms. The third kappa shape index (κ3) is 3.81. The van der Waals surface area contributed by atoms with Crippen molar-refractivity contribution in [2.24, 2.45) is 0 Å². The summed E-state index contributed by atoms with van der Waals surface area (Å²) in [4.78, 5) is 0. The van der Waals surface area contributed by atoms with Crippen molar-refractivity contribution in [3.05, 3.63) is 82.2 Å². The summed E-state index contributed by atoms with van der Waals surface area (Å²) in [6.45, 7) is 2.01. The van der Waals surface area contributed by atoms with Gasteiger partial charge in [0.25, 0.3) is 0 Å². The lowest BCUT2D eigenvalue weighted by molar-refractivity contribution is 0.572. The zero-order valence-corrected chi connectivity index (χ0v) is 14.7. The van der Waals surface area contributed by atoms with Gasteiger partial charge in [0.2, 0.25) is 0 Å². The van der Waals surface area contributed by atoms with Gasteiger partial charge >= 0.3 is 0 Å². The SMILES string of the molecule is CCCCc1cc(F)c(C#Cc2cccc3c(F)c(C#N)ccc23)c(F)c1. The van der Waals surface area contributed by atoms with Gasteiger partial charge in [-0.15, -0.1) is 0 Å². The first-order valence-corrected chi connectivity index (χ1v) is 8.66. The van der Waals surface area contributed by atoms with Crippen molar-refractivity contribution in [3.8, 4) is 17.9 Å². The lowest BCUT2D eigenvalue weighted by Gasteiger charge is -2.04. The van der Waals surface area contributed by atoms with Crippen molar-refractivity contribution in [3.63, 3.8) is 0 Å². The van der Waals surface area contributed by atoms with Crippen LogP contribution in [0.15, 0.2) is 42.5 Å². The van der Waals surface area contributed by atoms with Crippen molar-refractivity contribution >= 4 is 10.8 Å². The Morgan fingerprint density at radius 2 is 1.63 bits per heavy atom. The van der Waals surface area contributed by atoms with Crippen LogP contribution in [0.3, 0.4) is 0 Å². The molecule has 134 valence electrons. The maximum Gasteiger partial charge on any atom is 0.148 e. The van der Waals surface area contributed by atoms with E-state index in [1.165, 1.54) is 18.2 Å². The van der Waals surface area contributed by atoms with Crippen molar-refractivity contribution in [2.45, 2.75) is 26.2 Å². The second kappa shape index (κ2) is 7.98. The Labute approximate surface area is 156 Å². The van der Waals surface area contributed by atoms with E-state index in [9.17, 15) is 13.2 Å². The van der Waals surface area contributed by atoms with E-state index in [0.29, 0.717) is 22.9 Å². The molecule has 0 N–H and O–H groups in total. The number of benzene rings is 3. The molecule has 0 aliphatic carbocycles. The molecule has 3 aromatic rings. The van der Waals surface area contributed by atoms with E-state index in [-0.39, 0.29) is 16.5 Å². The van der Waals surface area contributed by atoms with Gasteiger partial charge in [-0.1, -0.05) is 43.4 Å². The molecule has 0 radical (unpaired) electrons. The Morgan fingerprint density at radius 3 is 2.30 bits per heavy atom. The number of unbranched alkanes of at least 4 members (excludes halogenated alkanes) is 1. The largest absolute Gasteiger partial charge is 0.206 e. The first-order valence-electron chi connectivity index (χ1n) is 8.66. The molecular formula is C23H16F3N. The molecule has 0 atom stereocenters. The van der Waals surface area contributed by atoms with Crippen molar-refractivity contribution in [1.82, 2.24) is 0 Å². The van der Waals surface area contributed by atoms with Crippen molar-refractivity contribution in [2.75, 3.05) is 0 Å². The molecule has 4 heteroatoms. The zero-order valence-electron chi connectivity index (χ0n) is 14.7. The fourth-order valence-electron chi connectivity index (χ4n) is 2.92. The minimum atomic E-state index is -0.702. The lowest BCUT2D eigenvalue weighted by Crippen LogP contribution is -1.95. The summed E-state index contributed by atoms with van der Waals surface area (Å²) >= 11 is 0. The maximum absolute atomic E-state index is 14.3. The van der Waals surface area contributed by atoms with E-state index >= 15 is 0 Å². The van der Waals surface area contributed by atoms with Gasteiger partial charge in [0.15, 0.2) is 0 Å². The minimum Gasteiger partial charge on any atom is -0.206 e. The van der Waals surface area contributed by atoms with Gasteiger partial charge in [0.05, 0.1) is 11.1 Å². The van der Waals surface area contributed by atoms with Crippen molar-refractivity contribution in [1.29, 1.82) is 5.26 Å². The Kier molecular flexibility index (Phi) is 5.48. The average molecular weight is 363 g/mol. The van der Waals surface area contributed by atoms with Crippen LogP contribution in [0.4, 0.5) is 13.2 Å². The highest BCUT2D eigenvalue weighted by Crippen LogP contribution is 2.24. The van der Waals surface area contributed by atoms with E-state index in [2.05, 4.69) is 11.8 Å². The molecule has 0 amide bonds. The topological polar surface area (TPSA) is 23.8 Å². The van der Waals surface area contributed by atoms with Crippen LogP contribution < -0.4 is 0 Å². The molecule has 0 saturated heterocycles. The highest BCUT2D eigenvalue weighted by atomic mass is 19.1. The fourth-order valence-corrected chi connectivity index (χ4v) is 2.92. The third-order valence-corrected chi connectivity index (χ3v) is 4.36. The molecule has 3 rings (SSSR count). The van der Waals surface area contributed by atoms with Gasteiger partial charge in [0, 0.05) is 16.3 Å². The zero-order chi connectivity index (χ0) is 19.4. The Balaban J connectivity index is 2.04. The number of nitriles is 1. The second-order valence-electron chi connectivity index (χ2n) is 6.23. The van der Waals surface area contributed by atoms with Crippen LogP contribution in [0.5, 0.6) is 0 Å². The van der Waals surface area contributed by atoms with E-state index in [4.69, 9.17) is 5.26 Å². The first kappa shape index (κ1) is 18.5. The molecule has 0 heterocycles. The molecule has 3 aromatic carbocycles. The molecule has 0 spiro atoms. The predicted molar refractivity (Wildman–Crippen MR) is 99.6 cm³/mol. The Hall–Kier alpha value is -3.24. The third-order valence-electron chi connectivity index (χ3n) is 4.36. The van der Waals surface area contributed by atoms with Gasteiger partial charge in [0.1, 0.15) is 23.5 Å². The van der Waals surface area contributed by atoms with Crippen LogP contribution >= 0.6 is 0 Å². The van der Waals surface area contributed by atoms with Crippen LogP contribution in [0.2, 0.25) is 0 Å². The van der Waals surface area contributed by atoms with E-state index in [0.717, 1.165) is 12.8 Å². The summed E-state index contributed by atoms with van der Waals surface area (Å²) in [6, 6.07) is 12.1. The van der Waals surface area contributed by atoms with Gasteiger partial charge in [-0.25, -0.2) is 13.2 Å².